The van der Waals surface area contributed by atoms with E-state index in [2.05, 4.69) is 30.5 Å². The summed E-state index contributed by atoms with van der Waals surface area (Å²) in [4.78, 5) is 37.8. The zero-order valence-corrected chi connectivity index (χ0v) is 22.6. The third kappa shape index (κ3) is 6.55. The predicted octanol–water partition coefficient (Wildman–Crippen LogP) is 2.80. The lowest BCUT2D eigenvalue weighted by Crippen LogP contribution is -2.66. The van der Waals surface area contributed by atoms with Gasteiger partial charge in [0.1, 0.15) is 12.3 Å². The Bertz CT molecular complexity index is 1480. The van der Waals surface area contributed by atoms with Crippen LogP contribution in [-0.2, 0) is 24.4 Å². The molecule has 5 N–H and O–H groups in total. The number of carbonyl (C=O) groups is 2. The van der Waals surface area contributed by atoms with Crippen molar-refractivity contribution < 1.29 is 28.0 Å². The number of anilines is 1. The first-order valence-electron chi connectivity index (χ1n) is 12.6. The van der Waals surface area contributed by atoms with E-state index in [4.69, 9.17) is 4.84 Å². The number of carboxylic acids is 1. The number of unbranched alkanes of at least 4 members (excludes halogenated alkanes) is 2. The number of nitrogens with zero attached hydrogens (tertiary/aromatic N) is 2. The topological polar surface area (TPSA) is 175 Å². The maximum atomic E-state index is 13.6. The fraction of sp³-hybridized carbons (Fsp3) is 0.385. The first-order chi connectivity index (χ1) is 18.6. The van der Waals surface area contributed by atoms with E-state index in [0.717, 1.165) is 11.4 Å². The normalized spacial score (nSPS) is 14.9. The van der Waals surface area contributed by atoms with Gasteiger partial charge in [0, 0.05) is 24.0 Å². The molecule has 0 saturated carbocycles. The Morgan fingerprint density at radius 2 is 1.87 bits per heavy atom. The van der Waals surface area contributed by atoms with Crippen molar-refractivity contribution in [3.63, 3.8) is 0 Å². The molecule has 1 aromatic heterocycles. The number of H-pyrrole nitrogens is 1. The molecular weight excluding hydrogens is 524 g/mol. The van der Waals surface area contributed by atoms with E-state index in [1.54, 1.807) is 36.4 Å². The lowest BCUT2D eigenvalue weighted by atomic mass is 10.0. The molecule has 12 nitrogen and oxygen atoms in total. The van der Waals surface area contributed by atoms with Crippen molar-refractivity contribution >= 4 is 44.3 Å². The van der Waals surface area contributed by atoms with Crippen LogP contribution < -0.4 is 15.4 Å². The molecule has 1 atom stereocenters. The van der Waals surface area contributed by atoms with E-state index in [1.165, 1.54) is 6.07 Å². The van der Waals surface area contributed by atoms with Crippen LogP contribution in [0.1, 0.15) is 43.5 Å². The summed E-state index contributed by atoms with van der Waals surface area (Å²) in [6.07, 6.45) is 1.54. The number of benzene rings is 2. The van der Waals surface area contributed by atoms with Gasteiger partial charge < -0.3 is 25.6 Å². The monoisotopic (exact) mass is 556 g/mol. The van der Waals surface area contributed by atoms with Crippen LogP contribution in [-0.4, -0.2) is 59.9 Å². The number of oxime groups is 1. The summed E-state index contributed by atoms with van der Waals surface area (Å²) >= 11 is 0. The van der Waals surface area contributed by atoms with Gasteiger partial charge in [-0.15, -0.1) is 0 Å². The van der Waals surface area contributed by atoms with Crippen LogP contribution in [0.2, 0.25) is 0 Å². The molecule has 3 aromatic rings. The first-order valence-corrected chi connectivity index (χ1v) is 14.1. The van der Waals surface area contributed by atoms with Gasteiger partial charge in [0.2, 0.25) is 21.6 Å². The van der Waals surface area contributed by atoms with Crippen molar-refractivity contribution in [1.82, 2.24) is 20.0 Å². The number of carboxylic acid groups (broad SMARTS) is 1. The molecule has 1 aliphatic heterocycles. The lowest BCUT2D eigenvalue weighted by molar-refractivity contribution is -0.148. The summed E-state index contributed by atoms with van der Waals surface area (Å²) in [5.41, 5.74) is -0.440. The molecule has 2 aromatic carbocycles. The molecule has 1 unspecified atom stereocenters. The zero-order chi connectivity index (χ0) is 28.0. The van der Waals surface area contributed by atoms with Crippen LogP contribution in [0.25, 0.3) is 10.8 Å². The van der Waals surface area contributed by atoms with Gasteiger partial charge in [-0.25, -0.2) is 18.2 Å². The number of rotatable bonds is 13. The second-order valence-corrected chi connectivity index (χ2v) is 11.1. The van der Waals surface area contributed by atoms with Gasteiger partial charge in [0.15, 0.2) is 0 Å². The molecule has 0 saturated heterocycles. The molecule has 2 heterocycles. The van der Waals surface area contributed by atoms with E-state index < -0.39 is 27.6 Å². The summed E-state index contributed by atoms with van der Waals surface area (Å²) in [6, 6.07) is 11.6. The second-order valence-electron chi connectivity index (χ2n) is 9.40. The standard InChI is InChI=1S/C26H32N6O6S/c1-17-18(2)29-25(28-17)27-15-7-3-6-14-26(24(34)35,30-23(33)21-13-16-38-31-21)32-39(36,37)22-12-8-10-19-9-4-5-11-20(19)22/h4-5,8-12,32H,3,6-7,13-16H2,1-2H3,(H,30,33)(H,34,35)(H2,27,28,29). The molecule has 0 spiro atoms. The van der Waals surface area contributed by atoms with Gasteiger partial charge in [-0.05, 0) is 44.6 Å². The fourth-order valence-electron chi connectivity index (χ4n) is 4.32. The van der Waals surface area contributed by atoms with E-state index in [-0.39, 0.29) is 30.1 Å². The fourth-order valence-corrected chi connectivity index (χ4v) is 5.86. The number of amides is 1. The minimum atomic E-state index is -4.39. The van der Waals surface area contributed by atoms with Crippen LogP contribution in [0.5, 0.6) is 0 Å². The molecule has 4 rings (SSSR count). The quantitative estimate of drug-likeness (QED) is 0.158. The molecule has 0 aliphatic carbocycles. The highest BCUT2D eigenvalue weighted by atomic mass is 32.2. The minimum absolute atomic E-state index is 0.00165. The van der Waals surface area contributed by atoms with Crippen molar-refractivity contribution in [3.8, 4) is 0 Å². The molecule has 1 aliphatic rings. The maximum absolute atomic E-state index is 13.6. The van der Waals surface area contributed by atoms with Gasteiger partial charge in [-0.3, -0.25) is 4.79 Å². The summed E-state index contributed by atoms with van der Waals surface area (Å²) in [6.45, 7) is 4.59. The van der Waals surface area contributed by atoms with Crippen molar-refractivity contribution in [2.45, 2.75) is 56.5 Å². The number of aryl methyl sites for hydroxylation is 2. The molecule has 0 fully saturated rings. The van der Waals surface area contributed by atoms with Crippen molar-refractivity contribution in [2.24, 2.45) is 5.16 Å². The van der Waals surface area contributed by atoms with E-state index in [9.17, 15) is 23.1 Å². The van der Waals surface area contributed by atoms with Crippen molar-refractivity contribution in [1.29, 1.82) is 0 Å². The third-order valence-electron chi connectivity index (χ3n) is 6.56. The minimum Gasteiger partial charge on any atom is -0.478 e. The molecule has 1 amide bonds. The Kier molecular flexibility index (Phi) is 8.51. The molecule has 13 heteroatoms. The summed E-state index contributed by atoms with van der Waals surface area (Å²) in [5.74, 6) is -1.68. The van der Waals surface area contributed by atoms with E-state index in [0.29, 0.717) is 42.5 Å². The lowest BCUT2D eigenvalue weighted by Gasteiger charge is -2.31. The van der Waals surface area contributed by atoms with Crippen LogP contribution in [0, 0.1) is 13.8 Å². The summed E-state index contributed by atoms with van der Waals surface area (Å²) in [5, 5.41) is 20.6. The van der Waals surface area contributed by atoms with Crippen molar-refractivity contribution in [3.05, 3.63) is 53.9 Å². The Morgan fingerprint density at radius 1 is 1.10 bits per heavy atom. The Morgan fingerprint density at radius 3 is 2.56 bits per heavy atom. The van der Waals surface area contributed by atoms with Crippen molar-refractivity contribution in [2.75, 3.05) is 18.5 Å². The number of fused-ring (bicyclic) bond motifs is 1. The second kappa shape index (κ2) is 11.8. The summed E-state index contributed by atoms with van der Waals surface area (Å²) in [7, 11) is -4.39. The van der Waals surface area contributed by atoms with E-state index in [1.807, 2.05) is 13.8 Å². The van der Waals surface area contributed by atoms with Gasteiger partial charge >= 0.3 is 5.97 Å². The average molecular weight is 557 g/mol. The number of imidazole rings is 1. The molecule has 0 radical (unpaired) electrons. The highest BCUT2D eigenvalue weighted by molar-refractivity contribution is 7.89. The van der Waals surface area contributed by atoms with Crippen LogP contribution >= 0.6 is 0 Å². The Balaban J connectivity index is 1.52. The number of aromatic amines is 1. The molecule has 0 bridgehead atoms. The number of aromatic nitrogens is 2. The predicted molar refractivity (Wildman–Crippen MR) is 146 cm³/mol. The smallest absolute Gasteiger partial charge is 0.345 e. The van der Waals surface area contributed by atoms with Crippen LogP contribution in [0.15, 0.2) is 52.5 Å². The van der Waals surface area contributed by atoms with Crippen LogP contribution in [0.3, 0.4) is 0 Å². The number of hydrogen-bond donors (Lipinski definition) is 5. The first kappa shape index (κ1) is 28.0. The molecular formula is C26H32N6O6S. The number of sulfonamides is 1. The van der Waals surface area contributed by atoms with E-state index >= 15 is 0 Å². The zero-order valence-electron chi connectivity index (χ0n) is 21.8. The van der Waals surface area contributed by atoms with Crippen LogP contribution in [0.4, 0.5) is 5.95 Å². The van der Waals surface area contributed by atoms with Gasteiger partial charge in [0.05, 0.1) is 10.6 Å². The highest BCUT2D eigenvalue weighted by Crippen LogP contribution is 2.25. The number of carbonyl (C=O) groups excluding carboxylic acids is 1. The van der Waals surface area contributed by atoms with Gasteiger partial charge in [-0.1, -0.05) is 48.0 Å². The molecule has 39 heavy (non-hydrogen) atoms. The van der Waals surface area contributed by atoms with Gasteiger partial charge in [-0.2, -0.15) is 4.72 Å². The molecule has 208 valence electrons. The maximum Gasteiger partial charge on any atom is 0.345 e. The number of hydrogen-bond acceptors (Lipinski definition) is 8. The Hall–Kier alpha value is -3.97. The number of nitrogens with one attached hydrogen (secondary N) is 4. The SMILES string of the molecule is Cc1nc(NCCCCCC(NC(=O)C2=NOCC2)(NS(=O)(=O)c2cccc3ccccc23)C(=O)O)[nH]c1C. The van der Waals surface area contributed by atoms with Gasteiger partial charge in [0.25, 0.3) is 5.91 Å². The third-order valence-corrected chi connectivity index (χ3v) is 8.11. The average Bonchev–Trinajstić information content (AvgIpc) is 3.55. The largest absolute Gasteiger partial charge is 0.478 e. The highest BCUT2D eigenvalue weighted by Gasteiger charge is 2.45. The Labute approximate surface area is 226 Å². The summed E-state index contributed by atoms with van der Waals surface area (Å²) < 4.78 is 29.5. The number of aliphatic carboxylic acids is 1.